The zero-order chi connectivity index (χ0) is 18.8. The van der Waals surface area contributed by atoms with E-state index in [1.165, 1.54) is 0 Å². The van der Waals surface area contributed by atoms with Gasteiger partial charge in [0.05, 0.1) is 23.4 Å². The minimum absolute atomic E-state index is 0.0657. The molecule has 1 spiro atoms. The quantitative estimate of drug-likeness (QED) is 0.570. The zero-order valence-corrected chi connectivity index (χ0v) is 15.7. The fourth-order valence-electron chi connectivity index (χ4n) is 6.01. The van der Waals surface area contributed by atoms with Crippen LogP contribution in [0.4, 0.5) is 0 Å². The van der Waals surface area contributed by atoms with E-state index in [1.54, 1.807) is 20.8 Å². The number of carbonyl (C=O) groups excluding carboxylic acids is 2. The number of fused-ring (bicyclic) bond motifs is 5. The Bertz CT molecular complexity index is 702. The van der Waals surface area contributed by atoms with Gasteiger partial charge in [-0.25, -0.2) is 0 Å². The van der Waals surface area contributed by atoms with Crippen molar-refractivity contribution >= 4 is 11.9 Å². The van der Waals surface area contributed by atoms with Crippen LogP contribution in [-0.2, 0) is 28.5 Å². The van der Waals surface area contributed by atoms with E-state index in [9.17, 15) is 14.7 Å². The molecular formula is C19H26O7. The van der Waals surface area contributed by atoms with Crippen LogP contribution in [0.3, 0.4) is 0 Å². The Balaban J connectivity index is 1.58. The van der Waals surface area contributed by atoms with Gasteiger partial charge in [-0.2, -0.15) is 0 Å². The summed E-state index contributed by atoms with van der Waals surface area (Å²) in [5.41, 5.74) is -2.45. The van der Waals surface area contributed by atoms with E-state index >= 15 is 0 Å². The van der Waals surface area contributed by atoms with Gasteiger partial charge in [0.2, 0.25) is 0 Å². The minimum atomic E-state index is -1.19. The fraction of sp³-hybridized carbons (Fsp3) is 0.895. The summed E-state index contributed by atoms with van der Waals surface area (Å²) in [6, 6.07) is 0. The van der Waals surface area contributed by atoms with Crippen LogP contribution in [-0.4, -0.2) is 58.3 Å². The van der Waals surface area contributed by atoms with Crippen LogP contribution >= 0.6 is 0 Å². The molecule has 26 heavy (non-hydrogen) atoms. The SMILES string of the molecule is CC(C)C(=O)O[C@H]1C[C@@](C)(O)[C@@]23O[C@@H]2[C@@H]2O[C@]2(C)[C@@H]3[C@H]2OC(=O)[C@@H](C)[C@@H]21. The molecule has 3 aliphatic heterocycles. The Morgan fingerprint density at radius 1 is 1.27 bits per heavy atom. The van der Waals surface area contributed by atoms with Crippen LogP contribution in [0, 0.1) is 23.7 Å². The van der Waals surface area contributed by atoms with E-state index in [1.807, 2.05) is 13.8 Å². The Morgan fingerprint density at radius 2 is 1.96 bits per heavy atom. The third kappa shape index (κ3) is 1.75. The number of ether oxygens (including phenoxy) is 4. The lowest BCUT2D eigenvalue weighted by Gasteiger charge is -2.36. The molecule has 3 heterocycles. The van der Waals surface area contributed by atoms with Crippen molar-refractivity contribution in [2.75, 3.05) is 0 Å². The summed E-state index contributed by atoms with van der Waals surface area (Å²) in [4.78, 5) is 24.7. The fourth-order valence-corrected chi connectivity index (χ4v) is 6.01. The van der Waals surface area contributed by atoms with Gasteiger partial charge in [0.1, 0.15) is 35.6 Å². The van der Waals surface area contributed by atoms with Crippen LogP contribution in [0.15, 0.2) is 0 Å². The Kier molecular flexibility index (Phi) is 3.01. The van der Waals surface area contributed by atoms with E-state index in [-0.39, 0.29) is 48.3 Å². The van der Waals surface area contributed by atoms with Gasteiger partial charge in [-0.1, -0.05) is 20.8 Å². The molecule has 0 aromatic rings. The Morgan fingerprint density at radius 3 is 2.62 bits per heavy atom. The molecule has 2 aliphatic carbocycles. The molecule has 2 saturated carbocycles. The van der Waals surface area contributed by atoms with Crippen LogP contribution in [0.5, 0.6) is 0 Å². The normalized spacial score (nSPS) is 58.9. The van der Waals surface area contributed by atoms with Crippen molar-refractivity contribution in [3.05, 3.63) is 0 Å². The van der Waals surface area contributed by atoms with E-state index in [0.717, 1.165) is 0 Å². The maximum absolute atomic E-state index is 12.4. The summed E-state index contributed by atoms with van der Waals surface area (Å²) < 4.78 is 23.5. The summed E-state index contributed by atoms with van der Waals surface area (Å²) in [5.74, 6) is -1.89. The van der Waals surface area contributed by atoms with E-state index < -0.39 is 34.9 Å². The van der Waals surface area contributed by atoms with E-state index in [4.69, 9.17) is 18.9 Å². The molecule has 5 aliphatic rings. The summed E-state index contributed by atoms with van der Waals surface area (Å²) in [5, 5.41) is 11.4. The monoisotopic (exact) mass is 366 g/mol. The Hall–Kier alpha value is -1.18. The van der Waals surface area contributed by atoms with Gasteiger partial charge in [-0.15, -0.1) is 0 Å². The number of hydrogen-bond donors (Lipinski definition) is 1. The van der Waals surface area contributed by atoms with Crippen molar-refractivity contribution in [1.82, 2.24) is 0 Å². The molecule has 1 N–H and O–H groups in total. The second-order valence-corrected chi connectivity index (χ2v) is 9.41. The molecule has 0 aromatic heterocycles. The first-order valence-corrected chi connectivity index (χ1v) is 9.53. The lowest BCUT2D eigenvalue weighted by atomic mass is 9.73. The standard InChI is InChI=1S/C19H26O7/c1-7(2)15(20)23-9-6-17(4,22)19-12(11-10(9)8(3)16(21)24-11)18(5)13(25-18)14(19)26-19/h7-14,22H,6H2,1-5H3/t8-,9-,10+,11-,12-,13-,14+,17+,18+,19-/m0/s1. The van der Waals surface area contributed by atoms with Gasteiger partial charge in [0, 0.05) is 12.3 Å². The number of carbonyl (C=O) groups is 2. The van der Waals surface area contributed by atoms with Crippen molar-refractivity contribution in [2.45, 2.75) is 82.3 Å². The summed E-state index contributed by atoms with van der Waals surface area (Å²) in [6.45, 7) is 9.10. The van der Waals surface area contributed by atoms with Gasteiger partial charge >= 0.3 is 11.9 Å². The smallest absolute Gasteiger partial charge is 0.309 e. The molecule has 0 bridgehead atoms. The molecule has 5 rings (SSSR count). The molecule has 0 unspecified atom stereocenters. The number of hydrogen-bond acceptors (Lipinski definition) is 7. The van der Waals surface area contributed by atoms with Crippen molar-refractivity contribution in [3.8, 4) is 0 Å². The van der Waals surface area contributed by atoms with E-state index in [0.29, 0.717) is 0 Å². The van der Waals surface area contributed by atoms with Crippen LogP contribution < -0.4 is 0 Å². The van der Waals surface area contributed by atoms with Gasteiger partial charge < -0.3 is 24.1 Å². The molecule has 144 valence electrons. The highest BCUT2D eigenvalue weighted by Crippen LogP contribution is 2.75. The van der Waals surface area contributed by atoms with Crippen molar-refractivity contribution < 1.29 is 33.6 Å². The van der Waals surface area contributed by atoms with Crippen LogP contribution in [0.1, 0.15) is 41.0 Å². The van der Waals surface area contributed by atoms with Gasteiger partial charge in [0.25, 0.3) is 0 Å². The first kappa shape index (κ1) is 17.0. The maximum Gasteiger partial charge on any atom is 0.309 e. The summed E-state index contributed by atoms with van der Waals surface area (Å²) in [6.07, 6.45) is -1.12. The van der Waals surface area contributed by atoms with Crippen LogP contribution in [0.25, 0.3) is 0 Å². The second kappa shape index (κ2) is 4.62. The first-order valence-electron chi connectivity index (χ1n) is 9.53. The van der Waals surface area contributed by atoms with E-state index in [2.05, 4.69) is 0 Å². The lowest BCUT2D eigenvalue weighted by Crippen LogP contribution is -2.53. The first-order chi connectivity index (χ1) is 12.0. The molecule has 5 fully saturated rings. The number of aliphatic hydroxyl groups is 1. The molecule has 0 amide bonds. The molecule has 7 heteroatoms. The maximum atomic E-state index is 12.4. The highest BCUT2D eigenvalue weighted by molar-refractivity contribution is 5.76. The number of epoxide rings is 2. The van der Waals surface area contributed by atoms with Crippen molar-refractivity contribution in [3.63, 3.8) is 0 Å². The topological polar surface area (TPSA) is 97.9 Å². The third-order valence-corrected chi connectivity index (χ3v) is 7.45. The molecule has 3 saturated heterocycles. The molecule has 0 aromatic carbocycles. The zero-order valence-electron chi connectivity index (χ0n) is 15.7. The average molecular weight is 366 g/mol. The molecule has 7 nitrogen and oxygen atoms in total. The highest BCUT2D eigenvalue weighted by Gasteiger charge is 2.93. The second-order valence-electron chi connectivity index (χ2n) is 9.41. The minimum Gasteiger partial charge on any atom is -0.462 e. The third-order valence-electron chi connectivity index (χ3n) is 7.45. The number of rotatable bonds is 2. The van der Waals surface area contributed by atoms with Crippen molar-refractivity contribution in [1.29, 1.82) is 0 Å². The summed E-state index contributed by atoms with van der Waals surface area (Å²) in [7, 11) is 0. The van der Waals surface area contributed by atoms with Gasteiger partial charge in [-0.05, 0) is 13.8 Å². The van der Waals surface area contributed by atoms with Crippen molar-refractivity contribution in [2.24, 2.45) is 23.7 Å². The Labute approximate surface area is 152 Å². The van der Waals surface area contributed by atoms with Gasteiger partial charge in [0.15, 0.2) is 0 Å². The number of esters is 2. The van der Waals surface area contributed by atoms with Gasteiger partial charge in [-0.3, -0.25) is 9.59 Å². The van der Waals surface area contributed by atoms with Crippen LogP contribution in [0.2, 0.25) is 0 Å². The average Bonchev–Trinajstić information content (AvgIpc) is 3.38. The molecular weight excluding hydrogens is 340 g/mol. The molecule has 10 atom stereocenters. The largest absolute Gasteiger partial charge is 0.462 e. The molecule has 0 radical (unpaired) electrons. The predicted molar refractivity (Wildman–Crippen MR) is 86.9 cm³/mol. The summed E-state index contributed by atoms with van der Waals surface area (Å²) >= 11 is 0. The lowest BCUT2D eigenvalue weighted by molar-refractivity contribution is -0.161. The highest BCUT2D eigenvalue weighted by atomic mass is 16.7. The predicted octanol–water partition coefficient (Wildman–Crippen LogP) is 0.811.